The number of hydrogen-bond donors (Lipinski definition) is 2. The SMILES string of the molecule is N=C(C=CN)C(=O)N(CCN1CCCC1)Cc1c(Cl)cccc1Cl. The van der Waals surface area contributed by atoms with E-state index in [4.69, 9.17) is 34.3 Å². The van der Waals surface area contributed by atoms with Crippen LogP contribution in [0.3, 0.4) is 0 Å². The molecule has 2 rings (SSSR count). The highest BCUT2D eigenvalue weighted by atomic mass is 35.5. The third kappa shape index (κ3) is 4.97. The summed E-state index contributed by atoms with van der Waals surface area (Å²) in [7, 11) is 0. The molecule has 0 atom stereocenters. The molecule has 1 aliphatic heterocycles. The van der Waals surface area contributed by atoms with Crippen molar-refractivity contribution in [3.8, 4) is 0 Å². The fraction of sp³-hybridized carbons (Fsp3) is 0.412. The van der Waals surface area contributed by atoms with Gasteiger partial charge in [0.25, 0.3) is 5.91 Å². The number of rotatable bonds is 7. The Balaban J connectivity index is 2.14. The van der Waals surface area contributed by atoms with Crippen molar-refractivity contribution in [3.05, 3.63) is 46.1 Å². The quantitative estimate of drug-likeness (QED) is 0.726. The lowest BCUT2D eigenvalue weighted by Crippen LogP contribution is -2.40. The Bertz CT molecular complexity index is 607. The number of halogens is 2. The minimum absolute atomic E-state index is 0.151. The smallest absolute Gasteiger partial charge is 0.272 e. The van der Waals surface area contributed by atoms with E-state index in [1.54, 1.807) is 23.1 Å². The molecule has 1 amide bonds. The van der Waals surface area contributed by atoms with Crippen LogP contribution in [-0.4, -0.2) is 47.6 Å². The summed E-state index contributed by atoms with van der Waals surface area (Å²) in [4.78, 5) is 16.5. The van der Waals surface area contributed by atoms with Crippen LogP contribution in [0, 0.1) is 5.41 Å². The molecule has 1 saturated heterocycles. The second kappa shape index (κ2) is 9.06. The Labute approximate surface area is 152 Å². The Morgan fingerprint density at radius 1 is 1.29 bits per heavy atom. The summed E-state index contributed by atoms with van der Waals surface area (Å²) in [6, 6.07) is 5.26. The summed E-state index contributed by atoms with van der Waals surface area (Å²) in [6.45, 7) is 3.66. The molecule has 1 heterocycles. The zero-order valence-electron chi connectivity index (χ0n) is 13.5. The first-order chi connectivity index (χ1) is 11.5. The molecular weight excluding hydrogens is 347 g/mol. The van der Waals surface area contributed by atoms with Crippen LogP contribution in [0.1, 0.15) is 18.4 Å². The van der Waals surface area contributed by atoms with E-state index in [9.17, 15) is 4.79 Å². The van der Waals surface area contributed by atoms with Crippen LogP contribution in [-0.2, 0) is 11.3 Å². The highest BCUT2D eigenvalue weighted by molar-refractivity contribution is 6.42. The third-order valence-corrected chi connectivity index (χ3v) is 4.78. The monoisotopic (exact) mass is 368 g/mol. The minimum Gasteiger partial charge on any atom is -0.405 e. The zero-order valence-corrected chi connectivity index (χ0v) is 15.0. The number of carbonyl (C=O) groups excluding carboxylic acids is 1. The van der Waals surface area contributed by atoms with Crippen LogP contribution < -0.4 is 5.73 Å². The van der Waals surface area contributed by atoms with Gasteiger partial charge in [-0.3, -0.25) is 10.2 Å². The van der Waals surface area contributed by atoms with Gasteiger partial charge in [-0.05, 0) is 50.3 Å². The van der Waals surface area contributed by atoms with Gasteiger partial charge in [-0.25, -0.2) is 0 Å². The molecule has 0 spiro atoms. The lowest BCUT2D eigenvalue weighted by atomic mass is 10.2. The first-order valence-corrected chi connectivity index (χ1v) is 8.70. The number of hydrogen-bond acceptors (Lipinski definition) is 4. The molecule has 0 bridgehead atoms. The summed E-state index contributed by atoms with van der Waals surface area (Å²) < 4.78 is 0. The number of nitrogens with zero attached hydrogens (tertiary/aromatic N) is 2. The summed E-state index contributed by atoms with van der Waals surface area (Å²) >= 11 is 12.5. The number of likely N-dealkylation sites (tertiary alicyclic amines) is 1. The largest absolute Gasteiger partial charge is 0.405 e. The van der Waals surface area contributed by atoms with E-state index in [1.165, 1.54) is 25.1 Å². The van der Waals surface area contributed by atoms with Crippen molar-refractivity contribution in [3.63, 3.8) is 0 Å². The Morgan fingerprint density at radius 3 is 2.50 bits per heavy atom. The molecule has 0 unspecified atom stereocenters. The summed E-state index contributed by atoms with van der Waals surface area (Å²) in [5.74, 6) is -0.383. The van der Waals surface area contributed by atoms with Gasteiger partial charge in [0, 0.05) is 35.2 Å². The van der Waals surface area contributed by atoms with Gasteiger partial charge >= 0.3 is 0 Å². The molecule has 1 aliphatic rings. The number of amides is 1. The van der Waals surface area contributed by atoms with Crippen LogP contribution in [0.2, 0.25) is 10.0 Å². The van der Waals surface area contributed by atoms with Crippen LogP contribution >= 0.6 is 23.2 Å². The second-order valence-electron chi connectivity index (χ2n) is 5.75. The third-order valence-electron chi connectivity index (χ3n) is 4.08. The molecule has 0 aliphatic carbocycles. The van der Waals surface area contributed by atoms with Crippen LogP contribution in [0.5, 0.6) is 0 Å². The topological polar surface area (TPSA) is 73.4 Å². The Hall–Kier alpha value is -1.56. The van der Waals surface area contributed by atoms with E-state index in [1.807, 2.05) is 0 Å². The van der Waals surface area contributed by atoms with Crippen LogP contribution in [0.4, 0.5) is 0 Å². The fourth-order valence-electron chi connectivity index (χ4n) is 2.73. The number of nitrogens with one attached hydrogen (secondary N) is 1. The lowest BCUT2D eigenvalue weighted by Gasteiger charge is -2.26. The maximum atomic E-state index is 12.6. The molecular formula is C17H22Cl2N4O. The van der Waals surface area contributed by atoms with Gasteiger partial charge in [-0.15, -0.1) is 0 Å². The molecule has 24 heavy (non-hydrogen) atoms. The molecule has 1 aromatic carbocycles. The minimum atomic E-state index is -0.383. The molecule has 1 fully saturated rings. The maximum Gasteiger partial charge on any atom is 0.272 e. The van der Waals surface area contributed by atoms with E-state index in [2.05, 4.69) is 4.90 Å². The number of carbonyl (C=O) groups is 1. The predicted octanol–water partition coefficient (Wildman–Crippen LogP) is 2.91. The molecule has 130 valence electrons. The van der Waals surface area contributed by atoms with Gasteiger partial charge in [0.2, 0.25) is 0 Å². The fourth-order valence-corrected chi connectivity index (χ4v) is 3.25. The maximum absolute atomic E-state index is 12.6. The summed E-state index contributed by atoms with van der Waals surface area (Å²) in [6.07, 6.45) is 4.87. The van der Waals surface area contributed by atoms with Crippen molar-refractivity contribution in [2.75, 3.05) is 26.2 Å². The zero-order chi connectivity index (χ0) is 17.5. The Morgan fingerprint density at radius 2 is 1.92 bits per heavy atom. The van der Waals surface area contributed by atoms with Gasteiger partial charge in [0.05, 0.1) is 0 Å². The van der Waals surface area contributed by atoms with Gasteiger partial charge in [0.1, 0.15) is 5.71 Å². The molecule has 1 aromatic rings. The average Bonchev–Trinajstić information content (AvgIpc) is 3.07. The van der Waals surface area contributed by atoms with E-state index < -0.39 is 0 Å². The van der Waals surface area contributed by atoms with Crippen LogP contribution in [0.15, 0.2) is 30.5 Å². The molecule has 0 saturated carbocycles. The first-order valence-electron chi connectivity index (χ1n) is 7.94. The van der Waals surface area contributed by atoms with Gasteiger partial charge in [-0.1, -0.05) is 29.3 Å². The van der Waals surface area contributed by atoms with Crippen molar-refractivity contribution >= 4 is 34.8 Å². The van der Waals surface area contributed by atoms with E-state index in [-0.39, 0.29) is 18.2 Å². The first kappa shape index (κ1) is 18.8. The van der Waals surface area contributed by atoms with Crippen LogP contribution in [0.25, 0.3) is 0 Å². The molecule has 7 heteroatoms. The van der Waals surface area contributed by atoms with Gasteiger partial charge in [0.15, 0.2) is 0 Å². The van der Waals surface area contributed by atoms with E-state index >= 15 is 0 Å². The highest BCUT2D eigenvalue weighted by Crippen LogP contribution is 2.26. The molecule has 0 radical (unpaired) electrons. The molecule has 3 N–H and O–H groups in total. The highest BCUT2D eigenvalue weighted by Gasteiger charge is 2.21. The van der Waals surface area contributed by atoms with Crippen molar-refractivity contribution in [2.24, 2.45) is 5.73 Å². The molecule has 0 aromatic heterocycles. The number of benzene rings is 1. The molecule has 5 nitrogen and oxygen atoms in total. The van der Waals surface area contributed by atoms with Crippen molar-refractivity contribution in [1.82, 2.24) is 9.80 Å². The van der Waals surface area contributed by atoms with Crippen molar-refractivity contribution in [2.45, 2.75) is 19.4 Å². The lowest BCUT2D eigenvalue weighted by molar-refractivity contribution is -0.124. The number of nitrogens with two attached hydrogens (primary N) is 1. The second-order valence-corrected chi connectivity index (χ2v) is 6.56. The standard InChI is InChI=1S/C17H22Cl2N4O/c18-14-4-3-5-15(19)13(14)12-23(17(24)16(21)6-7-20)11-10-22-8-1-2-9-22/h3-7,21H,1-2,8-12,20H2. The average molecular weight is 369 g/mol. The van der Waals surface area contributed by atoms with Crippen molar-refractivity contribution in [1.29, 1.82) is 5.41 Å². The summed E-state index contributed by atoms with van der Waals surface area (Å²) in [5.41, 5.74) is 5.84. The normalized spacial score (nSPS) is 15.1. The van der Waals surface area contributed by atoms with E-state index in [0.29, 0.717) is 22.2 Å². The van der Waals surface area contributed by atoms with E-state index in [0.717, 1.165) is 19.6 Å². The van der Waals surface area contributed by atoms with Gasteiger partial charge in [-0.2, -0.15) is 0 Å². The summed E-state index contributed by atoms with van der Waals surface area (Å²) in [5, 5.41) is 8.88. The van der Waals surface area contributed by atoms with Crippen molar-refractivity contribution < 1.29 is 4.79 Å². The Kier molecular flexibility index (Phi) is 7.09. The van der Waals surface area contributed by atoms with Gasteiger partial charge < -0.3 is 15.5 Å². The predicted molar refractivity (Wildman–Crippen MR) is 98.6 cm³/mol.